The van der Waals surface area contributed by atoms with Gasteiger partial charge in [0.15, 0.2) is 11.6 Å². The molecule has 0 aromatic heterocycles. The van der Waals surface area contributed by atoms with E-state index in [1.165, 1.54) is 23.3 Å². The highest BCUT2D eigenvalue weighted by molar-refractivity contribution is 5.46. The van der Waals surface area contributed by atoms with E-state index in [1.54, 1.807) is 0 Å². The van der Waals surface area contributed by atoms with Gasteiger partial charge in [0.2, 0.25) is 0 Å². The third-order valence-electron chi connectivity index (χ3n) is 3.43. The van der Waals surface area contributed by atoms with Gasteiger partial charge < -0.3 is 5.11 Å². The van der Waals surface area contributed by atoms with Crippen molar-refractivity contribution in [3.05, 3.63) is 65.0 Å². The molecule has 2 heteroatoms. The van der Waals surface area contributed by atoms with Crippen molar-refractivity contribution in [2.45, 2.75) is 18.8 Å². The van der Waals surface area contributed by atoms with Gasteiger partial charge in [0.25, 0.3) is 0 Å². The molecule has 0 spiro atoms. The fourth-order valence-corrected chi connectivity index (χ4v) is 2.60. The molecule has 0 saturated heterocycles. The molecule has 17 heavy (non-hydrogen) atoms. The maximum atomic E-state index is 13.3. The summed E-state index contributed by atoms with van der Waals surface area (Å²) in [6.45, 7) is 0. The van der Waals surface area contributed by atoms with Gasteiger partial charge in [-0.1, -0.05) is 30.3 Å². The van der Waals surface area contributed by atoms with Crippen molar-refractivity contribution in [2.24, 2.45) is 0 Å². The van der Waals surface area contributed by atoms with Crippen LogP contribution in [0.1, 0.15) is 29.0 Å². The first-order valence-corrected chi connectivity index (χ1v) is 5.74. The first-order valence-electron chi connectivity index (χ1n) is 5.74. The lowest BCUT2D eigenvalue weighted by Gasteiger charge is -2.13. The highest BCUT2D eigenvalue weighted by Gasteiger charge is 2.26. The van der Waals surface area contributed by atoms with Gasteiger partial charge in [-0.2, -0.15) is 0 Å². The van der Waals surface area contributed by atoms with E-state index >= 15 is 0 Å². The van der Waals surface area contributed by atoms with E-state index in [1.807, 2.05) is 18.2 Å². The van der Waals surface area contributed by atoms with Gasteiger partial charge >= 0.3 is 0 Å². The Hall–Kier alpha value is -1.83. The minimum absolute atomic E-state index is 0.0712. The predicted molar refractivity (Wildman–Crippen MR) is 63.5 cm³/mol. The molecule has 1 N–H and O–H groups in total. The third-order valence-corrected chi connectivity index (χ3v) is 3.43. The molecule has 1 aliphatic carbocycles. The number of fused-ring (bicyclic) bond motifs is 1. The van der Waals surface area contributed by atoms with Crippen LogP contribution in [-0.2, 0) is 6.42 Å². The Morgan fingerprint density at radius 1 is 1.24 bits per heavy atom. The molecule has 0 aliphatic heterocycles. The van der Waals surface area contributed by atoms with Crippen molar-refractivity contribution in [3.8, 4) is 5.75 Å². The molecule has 0 fully saturated rings. The molecular formula is C15H12FO. The second-order valence-corrected chi connectivity index (χ2v) is 4.38. The molecule has 2 aromatic carbocycles. The highest BCUT2D eigenvalue weighted by Crippen LogP contribution is 2.41. The first-order chi connectivity index (χ1) is 8.27. The van der Waals surface area contributed by atoms with Crippen molar-refractivity contribution in [3.63, 3.8) is 0 Å². The lowest BCUT2D eigenvalue weighted by molar-refractivity contribution is 0.422. The number of rotatable bonds is 1. The van der Waals surface area contributed by atoms with Gasteiger partial charge in [-0.05, 0) is 36.1 Å². The molecular weight excluding hydrogens is 215 g/mol. The Balaban J connectivity index is 2.10. The monoisotopic (exact) mass is 227 g/mol. The highest BCUT2D eigenvalue weighted by atomic mass is 19.1. The molecule has 2 aromatic rings. The van der Waals surface area contributed by atoms with Crippen molar-refractivity contribution < 1.29 is 9.50 Å². The fraction of sp³-hybridized carbons (Fsp3) is 0.200. The van der Waals surface area contributed by atoms with Gasteiger partial charge in [0, 0.05) is 11.5 Å². The molecule has 1 unspecified atom stereocenters. The van der Waals surface area contributed by atoms with Crippen molar-refractivity contribution in [1.29, 1.82) is 0 Å². The average Bonchev–Trinajstić information content (AvgIpc) is 2.77. The van der Waals surface area contributed by atoms with Crippen LogP contribution in [0.3, 0.4) is 0 Å². The lowest BCUT2D eigenvalue weighted by Crippen LogP contribution is -1.98. The summed E-state index contributed by atoms with van der Waals surface area (Å²) < 4.78 is 13.3. The average molecular weight is 227 g/mol. The Kier molecular flexibility index (Phi) is 2.36. The van der Waals surface area contributed by atoms with Crippen LogP contribution >= 0.6 is 0 Å². The number of hydrogen-bond acceptors (Lipinski definition) is 1. The zero-order valence-electron chi connectivity index (χ0n) is 9.28. The van der Waals surface area contributed by atoms with Gasteiger partial charge in [-0.3, -0.25) is 0 Å². The molecule has 85 valence electrons. The fourth-order valence-electron chi connectivity index (χ4n) is 2.60. The number of aromatic hydroxyl groups is 1. The zero-order valence-corrected chi connectivity index (χ0v) is 9.28. The maximum absolute atomic E-state index is 13.3. The second kappa shape index (κ2) is 3.88. The van der Waals surface area contributed by atoms with E-state index in [0.717, 1.165) is 12.8 Å². The van der Waals surface area contributed by atoms with Crippen molar-refractivity contribution in [1.82, 2.24) is 0 Å². The van der Waals surface area contributed by atoms with Crippen LogP contribution < -0.4 is 0 Å². The molecule has 0 amide bonds. The van der Waals surface area contributed by atoms with Gasteiger partial charge in [0.1, 0.15) is 0 Å². The molecule has 1 aliphatic rings. The van der Waals surface area contributed by atoms with Crippen LogP contribution in [0.15, 0.2) is 36.4 Å². The van der Waals surface area contributed by atoms with Crippen molar-refractivity contribution >= 4 is 0 Å². The SMILES string of the molecule is Oc1c(C2CCc3ccccc32)[c]ccc1F. The summed E-state index contributed by atoms with van der Waals surface area (Å²) in [6, 6.07) is 13.9. The van der Waals surface area contributed by atoms with Crippen LogP contribution in [-0.4, -0.2) is 5.11 Å². The van der Waals surface area contributed by atoms with Crippen LogP contribution in [0.5, 0.6) is 5.75 Å². The van der Waals surface area contributed by atoms with Gasteiger partial charge in [-0.25, -0.2) is 4.39 Å². The lowest BCUT2D eigenvalue weighted by atomic mass is 9.92. The maximum Gasteiger partial charge on any atom is 0.165 e. The van der Waals surface area contributed by atoms with Gasteiger partial charge in [-0.15, -0.1) is 0 Å². The molecule has 1 nitrogen and oxygen atoms in total. The standard InChI is InChI=1S/C15H12FO/c16-14-7-3-6-13(15(14)17)12-9-8-10-4-1-2-5-11(10)12/h1-5,7,12,17H,8-9H2. The Bertz CT molecular complexity index is 563. The number of phenols is 1. The van der Waals surface area contributed by atoms with E-state index in [9.17, 15) is 9.50 Å². The largest absolute Gasteiger partial charge is 0.505 e. The van der Waals surface area contributed by atoms with Gasteiger partial charge in [0.05, 0.1) is 0 Å². The number of aryl methyl sites for hydroxylation is 1. The normalized spacial score (nSPS) is 18.1. The van der Waals surface area contributed by atoms with Crippen LogP contribution in [0.2, 0.25) is 0 Å². The molecule has 0 saturated carbocycles. The van der Waals surface area contributed by atoms with Crippen LogP contribution in [0.25, 0.3) is 0 Å². The van der Waals surface area contributed by atoms with E-state index in [-0.39, 0.29) is 11.7 Å². The molecule has 0 bridgehead atoms. The quantitative estimate of drug-likeness (QED) is 0.791. The van der Waals surface area contributed by atoms with E-state index < -0.39 is 5.82 Å². The number of hydrogen-bond donors (Lipinski definition) is 1. The van der Waals surface area contributed by atoms with E-state index in [0.29, 0.717) is 5.56 Å². The Labute approximate surface area is 99.5 Å². The minimum atomic E-state index is -0.567. The number of halogens is 1. The summed E-state index contributed by atoms with van der Waals surface area (Å²) in [6.07, 6.45) is 1.89. The van der Waals surface area contributed by atoms with Crippen molar-refractivity contribution in [2.75, 3.05) is 0 Å². The summed E-state index contributed by atoms with van der Waals surface area (Å²) in [7, 11) is 0. The molecule has 1 atom stereocenters. The molecule has 1 radical (unpaired) electrons. The van der Waals surface area contributed by atoms with Crippen LogP contribution in [0.4, 0.5) is 4.39 Å². The predicted octanol–water partition coefficient (Wildman–Crippen LogP) is 3.41. The summed E-state index contributed by atoms with van der Waals surface area (Å²) in [5.41, 5.74) is 3.05. The number of phenolic OH excluding ortho intramolecular Hbond substituents is 1. The smallest absolute Gasteiger partial charge is 0.165 e. The molecule has 3 rings (SSSR count). The number of benzene rings is 2. The summed E-state index contributed by atoms with van der Waals surface area (Å²) in [5, 5.41) is 9.78. The van der Waals surface area contributed by atoms with E-state index in [2.05, 4.69) is 12.1 Å². The minimum Gasteiger partial charge on any atom is -0.505 e. The summed E-state index contributed by atoms with van der Waals surface area (Å²) >= 11 is 0. The summed E-state index contributed by atoms with van der Waals surface area (Å²) in [5.74, 6) is -0.751. The second-order valence-electron chi connectivity index (χ2n) is 4.38. The third kappa shape index (κ3) is 1.60. The van der Waals surface area contributed by atoms with E-state index in [4.69, 9.17) is 0 Å². The Morgan fingerprint density at radius 2 is 2.06 bits per heavy atom. The first kappa shape index (κ1) is 10.3. The summed E-state index contributed by atoms with van der Waals surface area (Å²) in [4.78, 5) is 0. The van der Waals surface area contributed by atoms with Crippen LogP contribution in [0, 0.1) is 11.9 Å². The molecule has 0 heterocycles. The Morgan fingerprint density at radius 3 is 2.94 bits per heavy atom. The zero-order chi connectivity index (χ0) is 11.8. The topological polar surface area (TPSA) is 20.2 Å².